The van der Waals surface area contributed by atoms with Gasteiger partial charge in [0.25, 0.3) is 5.91 Å². The molecular weight excluding hydrogens is 386 g/mol. The van der Waals surface area contributed by atoms with Crippen LogP contribution in [-0.2, 0) is 9.59 Å². The van der Waals surface area contributed by atoms with Crippen LogP contribution < -0.4 is 15.5 Å². The number of thiophene rings is 1. The van der Waals surface area contributed by atoms with E-state index in [0.29, 0.717) is 33.6 Å². The van der Waals surface area contributed by atoms with E-state index in [-0.39, 0.29) is 23.6 Å². The summed E-state index contributed by atoms with van der Waals surface area (Å²) < 4.78 is 0. The van der Waals surface area contributed by atoms with Crippen LogP contribution in [0.4, 0.5) is 10.7 Å². The molecule has 6 nitrogen and oxygen atoms in total. The van der Waals surface area contributed by atoms with Crippen molar-refractivity contribution in [2.45, 2.75) is 25.3 Å². The van der Waals surface area contributed by atoms with Crippen LogP contribution in [0.3, 0.4) is 0 Å². The molecule has 2 aliphatic rings. The smallest absolute Gasteiger partial charge is 0.262 e. The second-order valence-corrected chi connectivity index (χ2v) is 8.17. The Labute approximate surface area is 165 Å². The first-order valence-corrected chi connectivity index (χ1v) is 10.00. The molecule has 1 unspecified atom stereocenters. The quantitative estimate of drug-likeness (QED) is 0.804. The van der Waals surface area contributed by atoms with Gasteiger partial charge in [0.1, 0.15) is 6.04 Å². The van der Waals surface area contributed by atoms with E-state index in [0.717, 1.165) is 12.8 Å². The summed E-state index contributed by atoms with van der Waals surface area (Å²) in [5.74, 6) is -0.372. The summed E-state index contributed by atoms with van der Waals surface area (Å²) in [7, 11) is 0. The molecule has 2 heterocycles. The lowest BCUT2D eigenvalue weighted by atomic mass is 10.2. The van der Waals surface area contributed by atoms with Crippen LogP contribution in [0, 0.1) is 5.92 Å². The zero-order chi connectivity index (χ0) is 19.0. The number of nitrogens with one attached hydrogen (secondary N) is 2. The summed E-state index contributed by atoms with van der Waals surface area (Å²) >= 11 is 7.38. The van der Waals surface area contributed by atoms with E-state index in [2.05, 4.69) is 10.6 Å². The summed E-state index contributed by atoms with van der Waals surface area (Å²) in [6.07, 6.45) is 2.37. The van der Waals surface area contributed by atoms with E-state index in [1.165, 1.54) is 11.3 Å². The van der Waals surface area contributed by atoms with Gasteiger partial charge in [-0.1, -0.05) is 23.7 Å². The molecular formula is C19H18ClN3O3S. The number of para-hydroxylation sites is 1. The lowest BCUT2D eigenvalue weighted by Crippen LogP contribution is -2.41. The topological polar surface area (TPSA) is 78.5 Å². The molecule has 1 atom stereocenters. The van der Waals surface area contributed by atoms with E-state index in [4.69, 9.17) is 11.6 Å². The summed E-state index contributed by atoms with van der Waals surface area (Å²) in [4.78, 5) is 39.0. The van der Waals surface area contributed by atoms with Crippen molar-refractivity contribution >= 4 is 51.3 Å². The van der Waals surface area contributed by atoms with Crippen LogP contribution in [0.1, 0.15) is 28.9 Å². The molecule has 4 rings (SSSR count). The third kappa shape index (κ3) is 3.84. The van der Waals surface area contributed by atoms with Crippen molar-refractivity contribution in [3.05, 3.63) is 46.3 Å². The highest BCUT2D eigenvalue weighted by atomic mass is 35.5. The number of anilines is 2. The first-order chi connectivity index (χ1) is 13.0. The molecule has 0 radical (unpaired) electrons. The number of nitrogens with zero attached hydrogens (tertiary/aromatic N) is 1. The molecule has 2 fully saturated rings. The molecule has 1 saturated carbocycles. The molecule has 0 spiro atoms. The fourth-order valence-electron chi connectivity index (χ4n) is 3.05. The average molecular weight is 404 g/mol. The predicted octanol–water partition coefficient (Wildman–Crippen LogP) is 3.29. The fourth-order valence-corrected chi connectivity index (χ4v) is 4.10. The van der Waals surface area contributed by atoms with Gasteiger partial charge < -0.3 is 15.5 Å². The molecule has 0 bridgehead atoms. The molecule has 1 aromatic carbocycles. The Hall–Kier alpha value is -2.38. The fraction of sp³-hybridized carbons (Fsp3) is 0.316. The van der Waals surface area contributed by atoms with Crippen molar-refractivity contribution in [1.82, 2.24) is 5.32 Å². The Bertz CT molecular complexity index is 909. The average Bonchev–Trinajstić information content (AvgIpc) is 3.32. The second kappa shape index (κ2) is 7.32. The van der Waals surface area contributed by atoms with Gasteiger partial charge in [0, 0.05) is 12.5 Å². The van der Waals surface area contributed by atoms with Crippen LogP contribution in [0.25, 0.3) is 0 Å². The molecule has 1 saturated heterocycles. The number of carbonyl (C=O) groups is 3. The summed E-state index contributed by atoms with van der Waals surface area (Å²) in [6, 6.07) is 9.95. The summed E-state index contributed by atoms with van der Waals surface area (Å²) in [6.45, 7) is 0.501. The Morgan fingerprint density at radius 2 is 1.89 bits per heavy atom. The maximum absolute atomic E-state index is 12.7. The maximum Gasteiger partial charge on any atom is 0.262 e. The van der Waals surface area contributed by atoms with E-state index in [1.54, 1.807) is 29.2 Å². The molecule has 140 valence electrons. The number of hydrogen-bond acceptors (Lipinski definition) is 4. The standard InChI is InChI=1S/C19H18ClN3O3S/c20-12-3-1-2-4-14(12)23-10-9-13(19(23)26)21-18(25)15-7-8-16(27-15)22-17(24)11-5-6-11/h1-4,7-8,11,13H,5-6,9-10H2,(H,21,25)(H,22,24). The third-order valence-corrected chi connectivity index (χ3v) is 6.00. The number of benzene rings is 1. The van der Waals surface area contributed by atoms with E-state index in [9.17, 15) is 14.4 Å². The molecule has 1 aliphatic heterocycles. The molecule has 1 aliphatic carbocycles. The SMILES string of the molecule is O=C(NC1CCN(c2ccccc2Cl)C1=O)c1ccc(NC(=O)C2CC2)s1. The Morgan fingerprint density at radius 3 is 2.63 bits per heavy atom. The van der Waals surface area contributed by atoms with Gasteiger partial charge in [-0.05, 0) is 43.5 Å². The van der Waals surface area contributed by atoms with Gasteiger partial charge >= 0.3 is 0 Å². The van der Waals surface area contributed by atoms with Gasteiger partial charge in [0.2, 0.25) is 11.8 Å². The molecule has 2 N–H and O–H groups in total. The number of rotatable bonds is 5. The van der Waals surface area contributed by atoms with Gasteiger partial charge in [-0.3, -0.25) is 14.4 Å². The maximum atomic E-state index is 12.7. The Balaban J connectivity index is 1.38. The highest BCUT2D eigenvalue weighted by Gasteiger charge is 2.35. The normalized spacial score (nSPS) is 19.2. The van der Waals surface area contributed by atoms with Gasteiger partial charge in [-0.2, -0.15) is 0 Å². The van der Waals surface area contributed by atoms with Crippen molar-refractivity contribution in [1.29, 1.82) is 0 Å². The minimum Gasteiger partial charge on any atom is -0.339 e. The molecule has 27 heavy (non-hydrogen) atoms. The van der Waals surface area contributed by atoms with Crippen molar-refractivity contribution < 1.29 is 14.4 Å². The lowest BCUT2D eigenvalue weighted by Gasteiger charge is -2.18. The molecule has 2 aromatic rings. The second-order valence-electron chi connectivity index (χ2n) is 6.68. The Kier molecular flexibility index (Phi) is 4.88. The predicted molar refractivity (Wildman–Crippen MR) is 105 cm³/mol. The zero-order valence-electron chi connectivity index (χ0n) is 14.4. The minimum atomic E-state index is -0.583. The number of carbonyl (C=O) groups excluding carboxylic acids is 3. The Morgan fingerprint density at radius 1 is 1.11 bits per heavy atom. The van der Waals surface area contributed by atoms with E-state index >= 15 is 0 Å². The number of halogens is 1. The summed E-state index contributed by atoms with van der Waals surface area (Å²) in [5, 5.41) is 6.77. The first kappa shape index (κ1) is 18.0. The van der Waals surface area contributed by atoms with Crippen LogP contribution in [-0.4, -0.2) is 30.3 Å². The zero-order valence-corrected chi connectivity index (χ0v) is 16.0. The molecule has 8 heteroatoms. The third-order valence-electron chi connectivity index (χ3n) is 4.68. The van der Waals surface area contributed by atoms with Gasteiger partial charge in [0.05, 0.1) is 20.6 Å². The van der Waals surface area contributed by atoms with Gasteiger partial charge in [0.15, 0.2) is 0 Å². The van der Waals surface area contributed by atoms with Crippen LogP contribution in [0.15, 0.2) is 36.4 Å². The van der Waals surface area contributed by atoms with Crippen LogP contribution >= 0.6 is 22.9 Å². The van der Waals surface area contributed by atoms with Crippen molar-refractivity contribution in [2.24, 2.45) is 5.92 Å². The van der Waals surface area contributed by atoms with Crippen molar-refractivity contribution in [3.8, 4) is 0 Å². The van der Waals surface area contributed by atoms with Crippen LogP contribution in [0.2, 0.25) is 5.02 Å². The minimum absolute atomic E-state index is 0.00478. The van der Waals surface area contributed by atoms with E-state index < -0.39 is 6.04 Å². The van der Waals surface area contributed by atoms with E-state index in [1.807, 2.05) is 12.1 Å². The summed E-state index contributed by atoms with van der Waals surface area (Å²) in [5.41, 5.74) is 0.655. The monoisotopic (exact) mass is 403 g/mol. The van der Waals surface area contributed by atoms with Crippen LogP contribution in [0.5, 0.6) is 0 Å². The highest BCUT2D eigenvalue weighted by Crippen LogP contribution is 2.32. The van der Waals surface area contributed by atoms with Crippen molar-refractivity contribution in [2.75, 3.05) is 16.8 Å². The largest absolute Gasteiger partial charge is 0.339 e. The van der Waals surface area contributed by atoms with Gasteiger partial charge in [-0.15, -0.1) is 11.3 Å². The van der Waals surface area contributed by atoms with Gasteiger partial charge in [-0.25, -0.2) is 0 Å². The number of amides is 3. The lowest BCUT2D eigenvalue weighted by molar-refractivity contribution is -0.119. The van der Waals surface area contributed by atoms with Crippen molar-refractivity contribution in [3.63, 3.8) is 0 Å². The number of hydrogen-bond donors (Lipinski definition) is 2. The first-order valence-electron chi connectivity index (χ1n) is 8.80. The molecule has 3 amide bonds. The molecule has 1 aromatic heterocycles. The highest BCUT2D eigenvalue weighted by molar-refractivity contribution is 7.18.